The van der Waals surface area contributed by atoms with Gasteiger partial charge in [-0.05, 0) is 42.5 Å². The lowest BCUT2D eigenvalue weighted by molar-refractivity contribution is -0.146. The van der Waals surface area contributed by atoms with Gasteiger partial charge in [0.05, 0.1) is 0 Å². The molecule has 0 saturated carbocycles. The molecule has 0 aromatic heterocycles. The van der Waals surface area contributed by atoms with E-state index in [2.05, 4.69) is 35.6 Å². The molecule has 0 aliphatic rings. The fourth-order valence-electron chi connectivity index (χ4n) is 2.50. The number of hydrogen-bond acceptors (Lipinski definition) is 2. The SMILES string of the molecule is CC(C(=O)O)C(=O)NCCCCCc1ccc2ccccc2c1. The standard InChI is InChI=1S/C19H23NO3/c1-14(19(22)23)18(21)20-12-6-2-3-7-15-10-11-16-8-4-5-9-17(16)13-15/h4-5,8-11,13-14H,2-3,6-7,12H2,1H3,(H,20,21)(H,22,23). The first-order valence-electron chi connectivity index (χ1n) is 8.06. The van der Waals surface area contributed by atoms with Crippen molar-refractivity contribution in [2.45, 2.75) is 32.6 Å². The van der Waals surface area contributed by atoms with Crippen LogP contribution in [0.5, 0.6) is 0 Å². The maximum absolute atomic E-state index is 11.5. The molecule has 0 heterocycles. The maximum Gasteiger partial charge on any atom is 0.315 e. The van der Waals surface area contributed by atoms with E-state index in [-0.39, 0.29) is 0 Å². The smallest absolute Gasteiger partial charge is 0.315 e. The van der Waals surface area contributed by atoms with Gasteiger partial charge < -0.3 is 10.4 Å². The van der Waals surface area contributed by atoms with Gasteiger partial charge in [0.15, 0.2) is 0 Å². The van der Waals surface area contributed by atoms with Crippen LogP contribution in [0.3, 0.4) is 0 Å². The van der Waals surface area contributed by atoms with Crippen molar-refractivity contribution in [2.75, 3.05) is 6.54 Å². The molecule has 4 nitrogen and oxygen atoms in total. The van der Waals surface area contributed by atoms with Crippen molar-refractivity contribution in [3.63, 3.8) is 0 Å². The van der Waals surface area contributed by atoms with Crippen LogP contribution in [0.4, 0.5) is 0 Å². The highest BCUT2D eigenvalue weighted by atomic mass is 16.4. The van der Waals surface area contributed by atoms with Gasteiger partial charge in [0.1, 0.15) is 5.92 Å². The van der Waals surface area contributed by atoms with Crippen LogP contribution in [-0.4, -0.2) is 23.5 Å². The molecular formula is C19H23NO3. The topological polar surface area (TPSA) is 66.4 Å². The van der Waals surface area contributed by atoms with Crippen LogP contribution < -0.4 is 5.32 Å². The molecule has 0 radical (unpaired) electrons. The normalized spacial score (nSPS) is 12.0. The summed E-state index contributed by atoms with van der Waals surface area (Å²) < 4.78 is 0. The second kappa shape index (κ2) is 8.32. The number of aryl methyl sites for hydroxylation is 1. The minimum atomic E-state index is -1.08. The van der Waals surface area contributed by atoms with Crippen molar-refractivity contribution in [1.29, 1.82) is 0 Å². The highest BCUT2D eigenvalue weighted by molar-refractivity contribution is 5.96. The average Bonchev–Trinajstić information content (AvgIpc) is 2.56. The first-order valence-corrected chi connectivity index (χ1v) is 8.06. The quantitative estimate of drug-likeness (QED) is 0.580. The minimum Gasteiger partial charge on any atom is -0.481 e. The molecule has 1 atom stereocenters. The Morgan fingerprint density at radius 1 is 1.04 bits per heavy atom. The molecule has 2 aromatic rings. The summed E-state index contributed by atoms with van der Waals surface area (Å²) in [5.41, 5.74) is 1.33. The second-order valence-corrected chi connectivity index (χ2v) is 5.84. The van der Waals surface area contributed by atoms with E-state index in [0.717, 1.165) is 25.7 Å². The molecule has 0 spiro atoms. The third kappa shape index (κ3) is 5.09. The molecule has 2 N–H and O–H groups in total. The Morgan fingerprint density at radius 3 is 2.52 bits per heavy atom. The Balaban J connectivity index is 1.67. The molecule has 0 fully saturated rings. The Hall–Kier alpha value is -2.36. The number of carbonyl (C=O) groups excluding carboxylic acids is 1. The summed E-state index contributed by atoms with van der Waals surface area (Å²) in [4.78, 5) is 22.1. The van der Waals surface area contributed by atoms with Crippen LogP contribution >= 0.6 is 0 Å². The number of unbranched alkanes of at least 4 members (excludes halogenated alkanes) is 2. The van der Waals surface area contributed by atoms with E-state index in [4.69, 9.17) is 5.11 Å². The summed E-state index contributed by atoms with van der Waals surface area (Å²) in [5, 5.41) is 13.9. The number of fused-ring (bicyclic) bond motifs is 1. The predicted molar refractivity (Wildman–Crippen MR) is 91.3 cm³/mol. The van der Waals surface area contributed by atoms with Gasteiger partial charge in [0.25, 0.3) is 0 Å². The van der Waals surface area contributed by atoms with E-state index in [1.54, 1.807) is 0 Å². The zero-order valence-electron chi connectivity index (χ0n) is 13.4. The summed E-state index contributed by atoms with van der Waals surface area (Å²) in [7, 11) is 0. The van der Waals surface area contributed by atoms with Gasteiger partial charge in [-0.2, -0.15) is 0 Å². The Morgan fingerprint density at radius 2 is 1.78 bits per heavy atom. The van der Waals surface area contributed by atoms with E-state index < -0.39 is 17.8 Å². The minimum absolute atomic E-state index is 0.410. The molecule has 4 heteroatoms. The van der Waals surface area contributed by atoms with E-state index in [1.165, 1.54) is 23.3 Å². The van der Waals surface area contributed by atoms with Crippen LogP contribution in [0.2, 0.25) is 0 Å². The highest BCUT2D eigenvalue weighted by Gasteiger charge is 2.19. The first-order chi connectivity index (χ1) is 11.1. The lowest BCUT2D eigenvalue weighted by Gasteiger charge is -2.08. The summed E-state index contributed by atoms with van der Waals surface area (Å²) in [6.07, 6.45) is 3.95. The average molecular weight is 313 g/mol. The lowest BCUT2D eigenvalue weighted by atomic mass is 10.0. The van der Waals surface area contributed by atoms with Crippen LogP contribution in [0, 0.1) is 5.92 Å². The zero-order chi connectivity index (χ0) is 16.7. The van der Waals surface area contributed by atoms with Crippen LogP contribution in [-0.2, 0) is 16.0 Å². The summed E-state index contributed by atoms with van der Waals surface area (Å²) in [6.45, 7) is 1.94. The fraction of sp³-hybridized carbons (Fsp3) is 0.368. The Bertz CT molecular complexity index is 681. The van der Waals surface area contributed by atoms with Crippen LogP contribution in [0.15, 0.2) is 42.5 Å². The third-order valence-corrected chi connectivity index (χ3v) is 4.02. The number of nitrogens with one attached hydrogen (secondary N) is 1. The van der Waals surface area contributed by atoms with Crippen LogP contribution in [0.25, 0.3) is 10.8 Å². The van der Waals surface area contributed by atoms with E-state index in [9.17, 15) is 9.59 Å². The van der Waals surface area contributed by atoms with Crippen molar-refractivity contribution in [1.82, 2.24) is 5.32 Å². The fourth-order valence-corrected chi connectivity index (χ4v) is 2.50. The molecule has 1 unspecified atom stereocenters. The molecule has 0 aliphatic carbocycles. The molecule has 0 saturated heterocycles. The Labute approximate surface area is 136 Å². The number of benzene rings is 2. The predicted octanol–water partition coefficient (Wildman–Crippen LogP) is 3.39. The van der Waals surface area contributed by atoms with Crippen molar-refractivity contribution >= 4 is 22.6 Å². The summed E-state index contributed by atoms with van der Waals surface area (Å²) in [6, 6.07) is 14.9. The van der Waals surface area contributed by atoms with Gasteiger partial charge in [-0.3, -0.25) is 9.59 Å². The molecule has 0 bridgehead atoms. The second-order valence-electron chi connectivity index (χ2n) is 5.84. The Kier molecular flexibility index (Phi) is 6.15. The highest BCUT2D eigenvalue weighted by Crippen LogP contribution is 2.17. The van der Waals surface area contributed by atoms with Gasteiger partial charge >= 0.3 is 5.97 Å². The van der Waals surface area contributed by atoms with Crippen molar-refractivity contribution in [3.05, 3.63) is 48.0 Å². The zero-order valence-corrected chi connectivity index (χ0v) is 13.4. The van der Waals surface area contributed by atoms with Gasteiger partial charge in [0.2, 0.25) is 5.91 Å². The maximum atomic E-state index is 11.5. The number of hydrogen-bond donors (Lipinski definition) is 2. The third-order valence-electron chi connectivity index (χ3n) is 4.02. The molecule has 0 aliphatic heterocycles. The number of carboxylic acid groups (broad SMARTS) is 1. The molecular weight excluding hydrogens is 290 g/mol. The van der Waals surface area contributed by atoms with Gasteiger partial charge in [-0.15, -0.1) is 0 Å². The van der Waals surface area contributed by atoms with Crippen molar-refractivity contribution in [2.24, 2.45) is 5.92 Å². The summed E-state index contributed by atoms with van der Waals surface area (Å²) >= 11 is 0. The van der Waals surface area contributed by atoms with Crippen molar-refractivity contribution < 1.29 is 14.7 Å². The summed E-state index contributed by atoms with van der Waals surface area (Å²) in [5.74, 6) is -2.47. The molecule has 122 valence electrons. The number of aliphatic carboxylic acids is 1. The van der Waals surface area contributed by atoms with E-state index in [0.29, 0.717) is 6.54 Å². The van der Waals surface area contributed by atoms with Gasteiger partial charge in [0, 0.05) is 6.54 Å². The number of carbonyl (C=O) groups is 2. The van der Waals surface area contributed by atoms with Gasteiger partial charge in [-0.25, -0.2) is 0 Å². The van der Waals surface area contributed by atoms with Crippen LogP contribution in [0.1, 0.15) is 31.7 Å². The lowest BCUT2D eigenvalue weighted by Crippen LogP contribution is -2.34. The number of rotatable bonds is 8. The molecule has 2 rings (SSSR count). The van der Waals surface area contributed by atoms with Crippen molar-refractivity contribution in [3.8, 4) is 0 Å². The molecule has 2 aromatic carbocycles. The monoisotopic (exact) mass is 313 g/mol. The van der Waals surface area contributed by atoms with E-state index >= 15 is 0 Å². The van der Waals surface area contributed by atoms with Gasteiger partial charge in [-0.1, -0.05) is 48.9 Å². The number of carboxylic acids is 1. The largest absolute Gasteiger partial charge is 0.481 e. The first kappa shape index (κ1) is 17.0. The molecule has 1 amide bonds. The molecule has 23 heavy (non-hydrogen) atoms. The van der Waals surface area contributed by atoms with E-state index in [1.807, 2.05) is 12.1 Å². The number of amides is 1.